The molecule has 0 saturated heterocycles. The lowest BCUT2D eigenvalue weighted by atomic mass is 9.82. The van der Waals surface area contributed by atoms with Crippen LogP contribution in [0.4, 0.5) is 0 Å². The fraction of sp³-hybridized carbons (Fsp3) is 0.857. The van der Waals surface area contributed by atoms with Crippen LogP contribution in [0.1, 0.15) is 51.9 Å². The minimum absolute atomic E-state index is 0.210. The smallest absolute Gasteiger partial charge is 0.150 e. The molecule has 2 heteroatoms. The summed E-state index contributed by atoms with van der Waals surface area (Å²) in [4.78, 5) is 12.0. The molecule has 2 rings (SSSR count). The van der Waals surface area contributed by atoms with Gasteiger partial charge in [0.2, 0.25) is 0 Å². The molecule has 0 heterocycles. The van der Waals surface area contributed by atoms with E-state index in [2.05, 4.69) is 6.07 Å². The monoisotopic (exact) mass is 219 g/mol. The van der Waals surface area contributed by atoms with Crippen LogP contribution in [0.5, 0.6) is 0 Å². The second-order valence-electron chi connectivity index (χ2n) is 5.58. The van der Waals surface area contributed by atoms with Crippen molar-refractivity contribution < 1.29 is 4.79 Å². The van der Waals surface area contributed by atoms with Gasteiger partial charge in [0, 0.05) is 6.42 Å². The molecule has 2 nitrogen and oxygen atoms in total. The van der Waals surface area contributed by atoms with E-state index in [-0.39, 0.29) is 11.7 Å². The van der Waals surface area contributed by atoms with Gasteiger partial charge in [0.15, 0.2) is 0 Å². The van der Waals surface area contributed by atoms with Crippen LogP contribution in [0.3, 0.4) is 0 Å². The number of carbonyl (C=O) groups excluding carboxylic acids is 1. The van der Waals surface area contributed by atoms with E-state index in [1.54, 1.807) is 0 Å². The molecule has 0 spiro atoms. The van der Waals surface area contributed by atoms with Gasteiger partial charge in [0.05, 0.1) is 6.07 Å². The van der Waals surface area contributed by atoms with E-state index in [4.69, 9.17) is 5.26 Å². The van der Waals surface area contributed by atoms with Gasteiger partial charge < -0.3 is 0 Å². The van der Waals surface area contributed by atoms with Gasteiger partial charge in [0.25, 0.3) is 0 Å². The zero-order chi connectivity index (χ0) is 11.5. The molecule has 16 heavy (non-hydrogen) atoms. The lowest BCUT2D eigenvalue weighted by molar-refractivity contribution is -0.122. The topological polar surface area (TPSA) is 40.9 Å². The number of ketones is 1. The third-order valence-electron chi connectivity index (χ3n) is 4.47. The Morgan fingerprint density at radius 3 is 2.75 bits per heavy atom. The van der Waals surface area contributed by atoms with Gasteiger partial charge >= 0.3 is 0 Å². The van der Waals surface area contributed by atoms with Gasteiger partial charge in [-0.3, -0.25) is 4.79 Å². The van der Waals surface area contributed by atoms with Crippen LogP contribution in [0, 0.1) is 35.0 Å². The molecule has 2 saturated carbocycles. The van der Waals surface area contributed by atoms with Crippen molar-refractivity contribution in [2.24, 2.45) is 23.7 Å². The summed E-state index contributed by atoms with van der Waals surface area (Å²) < 4.78 is 0. The van der Waals surface area contributed by atoms with E-state index in [9.17, 15) is 4.79 Å². The summed E-state index contributed by atoms with van der Waals surface area (Å²) in [6, 6.07) is 2.17. The molecule has 0 aliphatic heterocycles. The molecular weight excluding hydrogens is 198 g/mol. The van der Waals surface area contributed by atoms with Gasteiger partial charge in [-0.25, -0.2) is 0 Å². The maximum atomic E-state index is 12.0. The van der Waals surface area contributed by atoms with Crippen LogP contribution in [0.25, 0.3) is 0 Å². The Balaban J connectivity index is 1.85. The summed E-state index contributed by atoms with van der Waals surface area (Å²) in [5, 5.41) is 8.96. The number of nitrogens with zero attached hydrogens (tertiary/aromatic N) is 1. The van der Waals surface area contributed by atoms with E-state index in [1.165, 1.54) is 25.7 Å². The third-order valence-corrected chi connectivity index (χ3v) is 4.47. The second-order valence-corrected chi connectivity index (χ2v) is 5.58. The van der Waals surface area contributed by atoms with E-state index in [1.807, 2.05) is 6.92 Å². The largest absolute Gasteiger partial charge is 0.298 e. The first-order valence-electron chi connectivity index (χ1n) is 6.67. The van der Waals surface area contributed by atoms with Gasteiger partial charge in [-0.15, -0.1) is 0 Å². The van der Waals surface area contributed by atoms with Crippen molar-refractivity contribution in [1.82, 2.24) is 0 Å². The molecule has 0 amide bonds. The van der Waals surface area contributed by atoms with Crippen LogP contribution in [0.15, 0.2) is 0 Å². The summed E-state index contributed by atoms with van der Waals surface area (Å²) in [5.41, 5.74) is 0. The van der Waals surface area contributed by atoms with Crippen molar-refractivity contribution >= 4 is 5.78 Å². The second kappa shape index (κ2) is 4.99. The Labute approximate surface area is 98.0 Å². The minimum Gasteiger partial charge on any atom is -0.298 e. The van der Waals surface area contributed by atoms with E-state index >= 15 is 0 Å². The van der Waals surface area contributed by atoms with Crippen molar-refractivity contribution in [2.75, 3.05) is 0 Å². The summed E-state index contributed by atoms with van der Waals surface area (Å²) in [6.45, 7) is 2.04. The van der Waals surface area contributed by atoms with Crippen molar-refractivity contribution in [2.45, 2.75) is 51.9 Å². The highest BCUT2D eigenvalue weighted by atomic mass is 16.1. The Morgan fingerprint density at radius 1 is 1.44 bits per heavy atom. The van der Waals surface area contributed by atoms with Gasteiger partial charge in [-0.2, -0.15) is 5.26 Å². The maximum absolute atomic E-state index is 12.0. The van der Waals surface area contributed by atoms with Crippen LogP contribution in [0.2, 0.25) is 0 Å². The highest BCUT2D eigenvalue weighted by Crippen LogP contribution is 2.49. The summed E-state index contributed by atoms with van der Waals surface area (Å²) in [7, 11) is 0. The molecule has 0 aromatic rings. The molecule has 2 fully saturated rings. The van der Waals surface area contributed by atoms with Crippen LogP contribution < -0.4 is 0 Å². The van der Waals surface area contributed by atoms with Crippen molar-refractivity contribution in [3.05, 3.63) is 0 Å². The predicted molar refractivity (Wildman–Crippen MR) is 62.6 cm³/mol. The lowest BCUT2D eigenvalue weighted by Gasteiger charge is -2.21. The van der Waals surface area contributed by atoms with Gasteiger partial charge in [-0.1, -0.05) is 19.8 Å². The molecule has 2 aliphatic carbocycles. The van der Waals surface area contributed by atoms with Crippen molar-refractivity contribution in [1.29, 1.82) is 5.26 Å². The number of carbonyl (C=O) groups is 1. The molecular formula is C14H21NO. The summed E-state index contributed by atoms with van der Waals surface area (Å²) in [6.07, 6.45) is 7.67. The van der Waals surface area contributed by atoms with Crippen LogP contribution in [-0.4, -0.2) is 5.78 Å². The maximum Gasteiger partial charge on any atom is 0.150 e. The Kier molecular flexibility index (Phi) is 3.63. The van der Waals surface area contributed by atoms with E-state index < -0.39 is 0 Å². The van der Waals surface area contributed by atoms with E-state index in [0.717, 1.165) is 24.7 Å². The first-order valence-corrected chi connectivity index (χ1v) is 6.67. The molecule has 0 N–H and O–H groups in total. The Bertz CT molecular complexity index is 304. The molecule has 0 aromatic heterocycles. The molecule has 2 bridgehead atoms. The minimum atomic E-state index is -0.330. The molecule has 88 valence electrons. The van der Waals surface area contributed by atoms with Gasteiger partial charge in [0.1, 0.15) is 11.7 Å². The van der Waals surface area contributed by atoms with Crippen LogP contribution >= 0.6 is 0 Å². The highest BCUT2D eigenvalue weighted by Gasteiger charge is 2.40. The van der Waals surface area contributed by atoms with Crippen LogP contribution in [-0.2, 0) is 4.79 Å². The number of Topliss-reactive ketones (excluding diaryl/α,β-unsaturated/α-hetero) is 1. The average molecular weight is 219 g/mol. The number of hydrogen-bond donors (Lipinski definition) is 0. The summed E-state index contributed by atoms with van der Waals surface area (Å²) in [5.74, 6) is 2.19. The molecule has 4 unspecified atom stereocenters. The van der Waals surface area contributed by atoms with Crippen molar-refractivity contribution in [3.8, 4) is 6.07 Å². The van der Waals surface area contributed by atoms with Gasteiger partial charge in [-0.05, 0) is 43.4 Å². The number of nitriles is 1. The summed E-state index contributed by atoms with van der Waals surface area (Å²) >= 11 is 0. The average Bonchev–Trinajstić information content (AvgIpc) is 2.87. The SMILES string of the molecule is CCCC(C#N)C(=O)CC1CC2CCC1C2. The lowest BCUT2D eigenvalue weighted by Crippen LogP contribution is -2.20. The quantitative estimate of drug-likeness (QED) is 0.711. The molecule has 4 atom stereocenters. The highest BCUT2D eigenvalue weighted by molar-refractivity contribution is 5.83. The Morgan fingerprint density at radius 2 is 2.25 bits per heavy atom. The molecule has 0 radical (unpaired) electrons. The molecule has 2 aliphatic rings. The molecule has 0 aromatic carbocycles. The number of hydrogen-bond acceptors (Lipinski definition) is 2. The number of rotatable bonds is 5. The first-order chi connectivity index (χ1) is 7.74. The predicted octanol–water partition coefficient (Wildman–Crippen LogP) is 3.32. The van der Waals surface area contributed by atoms with E-state index in [0.29, 0.717) is 12.3 Å². The fourth-order valence-electron chi connectivity index (χ4n) is 3.61. The normalized spacial score (nSPS) is 33.6. The Hall–Kier alpha value is -0.840. The first kappa shape index (κ1) is 11.6. The third kappa shape index (κ3) is 2.29. The fourth-order valence-corrected chi connectivity index (χ4v) is 3.61. The zero-order valence-electron chi connectivity index (χ0n) is 10.1. The number of fused-ring (bicyclic) bond motifs is 2. The standard InChI is InChI=1S/C14H21NO/c1-2-3-12(9-15)14(16)8-13-7-10-4-5-11(13)6-10/h10-13H,2-8H2,1H3. The zero-order valence-corrected chi connectivity index (χ0v) is 10.1. The van der Waals surface area contributed by atoms with Crippen molar-refractivity contribution in [3.63, 3.8) is 0 Å².